The first-order chi connectivity index (χ1) is 6.67. The number of carbonyl (C=O) groups excluding carboxylic acids is 1. The molecule has 1 rings (SSSR count). The summed E-state index contributed by atoms with van der Waals surface area (Å²) in [6, 6.07) is 0. The van der Waals surface area contributed by atoms with E-state index >= 15 is 0 Å². The number of carbonyl (C=O) groups is 1. The molecule has 7 heteroatoms. The van der Waals surface area contributed by atoms with Crippen molar-refractivity contribution in [1.29, 1.82) is 0 Å². The van der Waals surface area contributed by atoms with Crippen molar-refractivity contribution < 1.29 is 14.6 Å². The summed E-state index contributed by atoms with van der Waals surface area (Å²) in [5, 5.41) is 22.7. The monoisotopic (exact) mass is 215 g/mol. The molecule has 0 aliphatic carbocycles. The summed E-state index contributed by atoms with van der Waals surface area (Å²) in [7, 11) is 0. The highest BCUT2D eigenvalue weighted by Gasteiger charge is 2.63. The minimum Gasteiger partial charge on any atom is -0.622 e. The van der Waals surface area contributed by atoms with E-state index in [0.717, 1.165) is 5.01 Å². The molecule has 0 aromatic heterocycles. The molecule has 15 heavy (non-hydrogen) atoms. The Morgan fingerprint density at radius 1 is 1.40 bits per heavy atom. The molecule has 1 aliphatic rings. The molecule has 0 atom stereocenters. The second kappa shape index (κ2) is 2.91. The number of hydrogen-bond donors (Lipinski definition) is 0. The largest absolute Gasteiger partial charge is 0.622 e. The molecular formula is C8H13N3O4. The van der Waals surface area contributed by atoms with Gasteiger partial charge in [-0.1, -0.05) is 0 Å². The Labute approximate surface area is 86.7 Å². The Hall–Kier alpha value is -1.66. The Balaban J connectivity index is 3.41. The molecule has 0 N–H and O–H groups in total. The van der Waals surface area contributed by atoms with Crippen molar-refractivity contribution in [3.05, 3.63) is 15.3 Å². The molecule has 0 unspecified atom stereocenters. The van der Waals surface area contributed by atoms with Gasteiger partial charge in [0.15, 0.2) is 10.6 Å². The van der Waals surface area contributed by atoms with E-state index in [4.69, 9.17) is 0 Å². The second-order valence-electron chi connectivity index (χ2n) is 4.40. The van der Waals surface area contributed by atoms with Gasteiger partial charge in [0.05, 0.1) is 0 Å². The Bertz CT molecular complexity index is 359. The summed E-state index contributed by atoms with van der Waals surface area (Å²) in [5.41, 5.74) is -2.69. The van der Waals surface area contributed by atoms with Crippen LogP contribution in [0.4, 0.5) is 0 Å². The van der Waals surface area contributed by atoms with Gasteiger partial charge >= 0.3 is 0 Å². The number of rotatable bonds is 2. The molecule has 0 radical (unpaired) electrons. The highest BCUT2D eigenvalue weighted by molar-refractivity contribution is 6.30. The average molecular weight is 215 g/mol. The van der Waals surface area contributed by atoms with Crippen molar-refractivity contribution in [2.24, 2.45) is 0 Å². The summed E-state index contributed by atoms with van der Waals surface area (Å²) >= 11 is 0. The smallest absolute Gasteiger partial charge is 0.295 e. The molecule has 84 valence electrons. The van der Waals surface area contributed by atoms with Crippen molar-refractivity contribution in [1.82, 2.24) is 5.01 Å². The van der Waals surface area contributed by atoms with Crippen molar-refractivity contribution >= 4 is 12.0 Å². The molecule has 1 heterocycles. The number of nitro groups is 1. The lowest BCUT2D eigenvalue weighted by atomic mass is 9.99. The predicted molar refractivity (Wildman–Crippen MR) is 51.7 cm³/mol. The summed E-state index contributed by atoms with van der Waals surface area (Å²) in [4.78, 5) is 21.6. The molecule has 0 aromatic carbocycles. The fourth-order valence-electron chi connectivity index (χ4n) is 2.02. The van der Waals surface area contributed by atoms with E-state index < -0.39 is 16.2 Å². The molecule has 0 spiro atoms. The molecular weight excluding hydrogens is 202 g/mol. The van der Waals surface area contributed by atoms with Crippen molar-refractivity contribution in [3.63, 3.8) is 0 Å². The highest BCUT2D eigenvalue weighted by Crippen LogP contribution is 2.33. The van der Waals surface area contributed by atoms with Crippen LogP contribution < -0.4 is 0 Å². The van der Waals surface area contributed by atoms with E-state index in [0.29, 0.717) is 11.0 Å². The van der Waals surface area contributed by atoms with Gasteiger partial charge in [-0.05, 0) is 18.9 Å². The predicted octanol–water partition coefficient (Wildman–Crippen LogP) is 0.159. The molecule has 0 aromatic rings. The summed E-state index contributed by atoms with van der Waals surface area (Å²) in [6.45, 7) is 5.75. The summed E-state index contributed by atoms with van der Waals surface area (Å²) in [5.74, 6) is 0. The van der Waals surface area contributed by atoms with Crippen molar-refractivity contribution in [2.75, 3.05) is 0 Å². The molecule has 0 fully saturated rings. The number of hydrazine groups is 1. The van der Waals surface area contributed by atoms with Gasteiger partial charge in [-0.15, -0.1) is 0 Å². The lowest BCUT2D eigenvalue weighted by Crippen LogP contribution is -2.56. The number of nitrogens with zero attached hydrogens (tertiary/aromatic N) is 3. The normalized spacial score (nSPS) is 23.1. The van der Waals surface area contributed by atoms with Gasteiger partial charge in [-0.2, -0.15) is 4.74 Å². The van der Waals surface area contributed by atoms with E-state index in [9.17, 15) is 20.1 Å². The zero-order valence-corrected chi connectivity index (χ0v) is 9.05. The van der Waals surface area contributed by atoms with Gasteiger partial charge < -0.3 is 5.21 Å². The van der Waals surface area contributed by atoms with Crippen LogP contribution in [0.25, 0.3) is 0 Å². The molecule has 0 bridgehead atoms. The minimum atomic E-state index is -1.36. The van der Waals surface area contributed by atoms with Gasteiger partial charge in [0.2, 0.25) is 6.29 Å². The first kappa shape index (κ1) is 11.4. The first-order valence-electron chi connectivity index (χ1n) is 4.42. The van der Waals surface area contributed by atoms with Crippen molar-refractivity contribution in [3.8, 4) is 0 Å². The van der Waals surface area contributed by atoms with E-state index in [1.807, 2.05) is 0 Å². The third-order valence-corrected chi connectivity index (χ3v) is 2.67. The molecule has 1 aliphatic heterocycles. The quantitative estimate of drug-likeness (QED) is 0.215. The Morgan fingerprint density at radius 3 is 2.07 bits per heavy atom. The minimum absolute atomic E-state index is 0.135. The zero-order valence-electron chi connectivity index (χ0n) is 9.05. The molecule has 7 nitrogen and oxygen atoms in total. The van der Waals surface area contributed by atoms with Gasteiger partial charge in [0.25, 0.3) is 11.4 Å². The highest BCUT2D eigenvalue weighted by atomic mass is 16.7. The van der Waals surface area contributed by atoms with Gasteiger partial charge in [0.1, 0.15) is 0 Å². The number of hydrogen-bond acceptors (Lipinski definition) is 4. The van der Waals surface area contributed by atoms with E-state index in [-0.39, 0.29) is 5.71 Å². The van der Waals surface area contributed by atoms with Crippen LogP contribution >= 0.6 is 0 Å². The Kier molecular flexibility index (Phi) is 2.22. The topological polar surface area (TPSA) is 89.5 Å². The van der Waals surface area contributed by atoms with E-state index in [2.05, 4.69) is 0 Å². The summed E-state index contributed by atoms with van der Waals surface area (Å²) < 4.78 is 0.392. The number of aldehydes is 1. The van der Waals surface area contributed by atoms with Crippen LogP contribution in [0.5, 0.6) is 0 Å². The maximum absolute atomic E-state index is 11.7. The number of hydroxylamine groups is 1. The third kappa shape index (κ3) is 1.26. The zero-order chi connectivity index (χ0) is 12.0. The maximum Gasteiger partial charge on any atom is 0.295 e. The standard InChI is InChI=1S/C8H13N3O4/c1-7(2)6(5-12)9(13)8(3,4)10(7)11(14)15/h5H,1-4H3. The van der Waals surface area contributed by atoms with Crippen molar-refractivity contribution in [2.45, 2.75) is 38.9 Å². The third-order valence-electron chi connectivity index (χ3n) is 2.67. The fraction of sp³-hybridized carbons (Fsp3) is 0.750. The van der Waals surface area contributed by atoms with Crippen LogP contribution in [0.2, 0.25) is 0 Å². The van der Waals surface area contributed by atoms with Gasteiger partial charge in [-0.25, -0.2) is 10.1 Å². The maximum atomic E-state index is 11.7. The van der Waals surface area contributed by atoms with Crippen LogP contribution in [-0.4, -0.2) is 38.0 Å². The van der Waals surface area contributed by atoms with E-state index in [1.165, 1.54) is 27.7 Å². The SMILES string of the molecule is CC1(C)C(C=O)=[N+]([O-])C(C)(C)N1[N+](=O)[O-]. The lowest BCUT2D eigenvalue weighted by molar-refractivity contribution is -0.742. The lowest BCUT2D eigenvalue weighted by Gasteiger charge is -2.27. The van der Waals surface area contributed by atoms with Crippen LogP contribution in [0.3, 0.4) is 0 Å². The van der Waals surface area contributed by atoms with Crippen LogP contribution in [-0.2, 0) is 4.79 Å². The van der Waals surface area contributed by atoms with Crippen LogP contribution in [0.15, 0.2) is 0 Å². The second-order valence-corrected chi connectivity index (χ2v) is 4.40. The summed E-state index contributed by atoms with van der Waals surface area (Å²) in [6.07, 6.45) is 0.373. The van der Waals surface area contributed by atoms with Gasteiger partial charge in [0, 0.05) is 13.8 Å². The first-order valence-corrected chi connectivity index (χ1v) is 4.42. The van der Waals surface area contributed by atoms with Gasteiger partial charge in [-0.3, -0.25) is 4.79 Å². The molecule has 0 saturated heterocycles. The fourth-order valence-corrected chi connectivity index (χ4v) is 2.02. The average Bonchev–Trinajstić information content (AvgIpc) is 2.14. The molecule has 0 saturated carbocycles. The van der Waals surface area contributed by atoms with Crippen LogP contribution in [0.1, 0.15) is 27.7 Å². The van der Waals surface area contributed by atoms with E-state index in [1.54, 1.807) is 0 Å². The van der Waals surface area contributed by atoms with Crippen LogP contribution in [0, 0.1) is 15.3 Å². The molecule has 0 amide bonds. The Morgan fingerprint density at radius 2 is 1.87 bits per heavy atom.